The van der Waals surface area contributed by atoms with E-state index in [2.05, 4.69) is 36.5 Å². The number of halogens is 1. The molecular formula is C23H26ClN3O2. The second-order valence-electron chi connectivity index (χ2n) is 8.07. The van der Waals surface area contributed by atoms with Gasteiger partial charge in [-0.25, -0.2) is 0 Å². The largest absolute Gasteiger partial charge is 0.507 e. The lowest BCUT2D eigenvalue weighted by molar-refractivity contribution is -0.130. The highest BCUT2D eigenvalue weighted by molar-refractivity contribution is 6.31. The van der Waals surface area contributed by atoms with Crippen molar-refractivity contribution in [3.63, 3.8) is 0 Å². The first kappa shape index (κ1) is 19.9. The normalized spacial score (nSPS) is 21.1. The molecular weight excluding hydrogens is 386 g/mol. The number of phenolic OH excluding ortho intramolecular Hbond substituents is 1. The van der Waals surface area contributed by atoms with E-state index in [-0.39, 0.29) is 17.7 Å². The summed E-state index contributed by atoms with van der Waals surface area (Å²) in [4.78, 5) is 18.7. The van der Waals surface area contributed by atoms with Gasteiger partial charge in [0, 0.05) is 61.6 Å². The van der Waals surface area contributed by atoms with Crippen molar-refractivity contribution in [2.45, 2.75) is 44.8 Å². The number of nitrogens with one attached hydrogen (secondary N) is 1. The van der Waals surface area contributed by atoms with E-state index in [9.17, 15) is 9.90 Å². The van der Waals surface area contributed by atoms with Gasteiger partial charge in [0.25, 0.3) is 0 Å². The lowest BCUT2D eigenvalue weighted by atomic mass is 9.87. The molecule has 2 N–H and O–H groups in total. The van der Waals surface area contributed by atoms with Crippen molar-refractivity contribution < 1.29 is 9.90 Å². The molecule has 0 unspecified atom stereocenters. The Morgan fingerprint density at radius 3 is 2.55 bits per heavy atom. The Bertz CT molecular complexity index is 947. The number of hydrogen-bond acceptors (Lipinski definition) is 4. The number of phenols is 1. The second kappa shape index (κ2) is 7.81. The van der Waals surface area contributed by atoms with Gasteiger partial charge < -0.3 is 10.0 Å². The molecule has 2 aliphatic heterocycles. The summed E-state index contributed by atoms with van der Waals surface area (Å²) >= 11 is 6.21. The summed E-state index contributed by atoms with van der Waals surface area (Å²) in [5.74, 6) is 0.288. The molecule has 6 heteroatoms. The maximum absolute atomic E-state index is 11.8. The minimum Gasteiger partial charge on any atom is -0.507 e. The fourth-order valence-electron chi connectivity index (χ4n) is 4.26. The molecule has 0 bridgehead atoms. The molecule has 5 nitrogen and oxygen atoms in total. The third-order valence-electron chi connectivity index (χ3n) is 5.97. The van der Waals surface area contributed by atoms with Crippen molar-refractivity contribution in [2.24, 2.45) is 4.99 Å². The molecule has 0 saturated carbocycles. The third-order valence-corrected chi connectivity index (χ3v) is 6.21. The summed E-state index contributed by atoms with van der Waals surface area (Å²) in [6, 6.07) is 13.7. The van der Waals surface area contributed by atoms with E-state index < -0.39 is 5.66 Å². The molecule has 2 aromatic rings. The number of aromatic hydroxyl groups is 1. The van der Waals surface area contributed by atoms with Crippen LogP contribution in [0, 0.1) is 6.92 Å². The van der Waals surface area contributed by atoms with Gasteiger partial charge >= 0.3 is 0 Å². The van der Waals surface area contributed by atoms with E-state index in [1.807, 2.05) is 4.90 Å². The topological polar surface area (TPSA) is 64.9 Å². The van der Waals surface area contributed by atoms with Crippen LogP contribution in [0.2, 0.25) is 5.02 Å². The van der Waals surface area contributed by atoms with Gasteiger partial charge in [-0.15, -0.1) is 0 Å². The number of hydrogen-bond donors (Lipinski definition) is 2. The predicted octanol–water partition coefficient (Wildman–Crippen LogP) is 4.22. The van der Waals surface area contributed by atoms with Gasteiger partial charge in [0.2, 0.25) is 5.91 Å². The zero-order valence-electron chi connectivity index (χ0n) is 16.8. The van der Waals surface area contributed by atoms with Gasteiger partial charge in [-0.3, -0.25) is 15.1 Å². The van der Waals surface area contributed by atoms with Crippen LogP contribution in [0.25, 0.3) is 0 Å². The van der Waals surface area contributed by atoms with Crippen LogP contribution in [-0.2, 0) is 4.79 Å². The fourth-order valence-corrected chi connectivity index (χ4v) is 4.43. The predicted molar refractivity (Wildman–Crippen MR) is 116 cm³/mol. The number of nitrogens with zero attached hydrogens (tertiary/aromatic N) is 2. The summed E-state index contributed by atoms with van der Waals surface area (Å²) < 4.78 is 0. The van der Waals surface area contributed by atoms with Gasteiger partial charge in [0.15, 0.2) is 0 Å². The summed E-state index contributed by atoms with van der Waals surface area (Å²) in [7, 11) is 0. The minimum absolute atomic E-state index is 0.0744. The van der Waals surface area contributed by atoms with Crippen molar-refractivity contribution in [1.29, 1.82) is 0 Å². The second-order valence-corrected chi connectivity index (χ2v) is 8.51. The van der Waals surface area contributed by atoms with E-state index in [0.717, 1.165) is 18.6 Å². The molecule has 0 aliphatic carbocycles. The SMILES string of the molecule is CC(=O)N1CCC2(CC1)N=C(c1cc(Cl)ccc1O)C[C@@H](c1ccc(C)cc1)N2. The number of aryl methyl sites for hydroxylation is 1. The van der Waals surface area contributed by atoms with E-state index in [1.165, 1.54) is 11.1 Å². The Hall–Kier alpha value is -2.37. The third kappa shape index (κ3) is 4.16. The zero-order chi connectivity index (χ0) is 20.6. The Kier molecular flexibility index (Phi) is 5.36. The number of piperidine rings is 1. The molecule has 1 saturated heterocycles. The Morgan fingerprint density at radius 1 is 1.21 bits per heavy atom. The Labute approximate surface area is 176 Å². The Balaban J connectivity index is 1.72. The van der Waals surface area contributed by atoms with Crippen LogP contribution in [0.15, 0.2) is 47.5 Å². The van der Waals surface area contributed by atoms with Gasteiger partial charge in [-0.05, 0) is 30.7 Å². The molecule has 1 amide bonds. The number of aliphatic imine (C=N–C) groups is 1. The maximum Gasteiger partial charge on any atom is 0.219 e. The van der Waals surface area contributed by atoms with Crippen LogP contribution in [0.3, 0.4) is 0 Å². The van der Waals surface area contributed by atoms with Crippen LogP contribution < -0.4 is 5.32 Å². The van der Waals surface area contributed by atoms with Crippen LogP contribution in [0.5, 0.6) is 5.75 Å². The number of carbonyl (C=O) groups excluding carboxylic acids is 1. The zero-order valence-corrected chi connectivity index (χ0v) is 17.5. The van der Waals surface area contributed by atoms with Gasteiger partial charge in [-0.2, -0.15) is 0 Å². The quantitative estimate of drug-likeness (QED) is 0.777. The van der Waals surface area contributed by atoms with Crippen molar-refractivity contribution in [3.8, 4) is 5.75 Å². The molecule has 2 aliphatic rings. The number of benzene rings is 2. The van der Waals surface area contributed by atoms with E-state index >= 15 is 0 Å². The van der Waals surface area contributed by atoms with Crippen LogP contribution in [0.4, 0.5) is 0 Å². The van der Waals surface area contributed by atoms with Crippen molar-refractivity contribution in [3.05, 3.63) is 64.2 Å². The maximum atomic E-state index is 11.8. The first-order valence-electron chi connectivity index (χ1n) is 10.0. The number of carbonyl (C=O) groups is 1. The smallest absolute Gasteiger partial charge is 0.219 e. The number of rotatable bonds is 2. The molecule has 0 radical (unpaired) electrons. The molecule has 1 fully saturated rings. The van der Waals surface area contributed by atoms with Gasteiger partial charge in [-0.1, -0.05) is 41.4 Å². The first-order valence-corrected chi connectivity index (χ1v) is 10.4. The highest BCUT2D eigenvalue weighted by atomic mass is 35.5. The highest BCUT2D eigenvalue weighted by Crippen LogP contribution is 2.37. The standard InChI is InChI=1S/C23H26ClN3O2/c1-15-3-5-17(6-4-15)20-14-21(19-13-18(24)7-8-22(19)29)26-23(25-20)9-11-27(12-10-23)16(2)28/h3-8,13,20,25,29H,9-12,14H2,1-2H3/t20-/m0/s1. The van der Waals surface area contributed by atoms with Crippen LogP contribution >= 0.6 is 11.6 Å². The molecule has 2 heterocycles. The van der Waals surface area contributed by atoms with Gasteiger partial charge in [0.05, 0.1) is 0 Å². The first-order chi connectivity index (χ1) is 13.8. The van der Waals surface area contributed by atoms with E-state index in [4.69, 9.17) is 16.6 Å². The summed E-state index contributed by atoms with van der Waals surface area (Å²) in [5, 5.41) is 14.8. The Morgan fingerprint density at radius 2 is 1.90 bits per heavy atom. The van der Waals surface area contributed by atoms with E-state index in [1.54, 1.807) is 25.1 Å². The molecule has 4 rings (SSSR count). The molecule has 1 spiro atoms. The molecule has 29 heavy (non-hydrogen) atoms. The summed E-state index contributed by atoms with van der Waals surface area (Å²) in [6.45, 7) is 5.02. The molecule has 0 aromatic heterocycles. The minimum atomic E-state index is -0.455. The fraction of sp³-hybridized carbons (Fsp3) is 0.391. The molecule has 1 atom stereocenters. The average molecular weight is 412 g/mol. The molecule has 152 valence electrons. The van der Waals surface area contributed by atoms with Gasteiger partial charge in [0.1, 0.15) is 11.4 Å². The molecule has 2 aromatic carbocycles. The monoisotopic (exact) mass is 411 g/mol. The lowest BCUT2D eigenvalue weighted by Gasteiger charge is -2.45. The average Bonchev–Trinajstić information content (AvgIpc) is 2.70. The van der Waals surface area contributed by atoms with Crippen LogP contribution in [-0.4, -0.2) is 40.4 Å². The van der Waals surface area contributed by atoms with Crippen molar-refractivity contribution in [2.75, 3.05) is 13.1 Å². The van der Waals surface area contributed by atoms with Crippen molar-refractivity contribution in [1.82, 2.24) is 10.2 Å². The van der Waals surface area contributed by atoms with Crippen molar-refractivity contribution >= 4 is 23.2 Å². The summed E-state index contributed by atoms with van der Waals surface area (Å²) in [5.41, 5.74) is 3.49. The lowest BCUT2D eigenvalue weighted by Crippen LogP contribution is -2.56. The summed E-state index contributed by atoms with van der Waals surface area (Å²) in [6.07, 6.45) is 2.13. The van der Waals surface area contributed by atoms with E-state index in [0.29, 0.717) is 30.1 Å². The highest BCUT2D eigenvalue weighted by Gasteiger charge is 2.40. The van der Waals surface area contributed by atoms with Crippen LogP contribution in [0.1, 0.15) is 48.9 Å². The number of amides is 1. The number of likely N-dealkylation sites (tertiary alicyclic amines) is 1.